The summed E-state index contributed by atoms with van der Waals surface area (Å²) >= 11 is 0. The van der Waals surface area contributed by atoms with Crippen molar-refractivity contribution in [1.82, 2.24) is 14.9 Å². The Hall–Kier alpha value is -1.49. The minimum atomic E-state index is -0.739. The van der Waals surface area contributed by atoms with Crippen molar-refractivity contribution < 1.29 is 9.90 Å². The summed E-state index contributed by atoms with van der Waals surface area (Å²) in [4.78, 5) is 22.0. The lowest BCUT2D eigenvalue weighted by Gasteiger charge is -2.37. The van der Waals surface area contributed by atoms with Gasteiger partial charge < -0.3 is 5.11 Å². The Labute approximate surface area is 107 Å². The van der Waals surface area contributed by atoms with Crippen molar-refractivity contribution in [2.45, 2.75) is 44.7 Å². The molecule has 2 rings (SSSR count). The minimum absolute atomic E-state index is 0.0164. The van der Waals surface area contributed by atoms with Crippen molar-refractivity contribution in [3.8, 4) is 0 Å². The first-order valence-corrected chi connectivity index (χ1v) is 6.38. The van der Waals surface area contributed by atoms with Gasteiger partial charge in [0.1, 0.15) is 5.54 Å². The van der Waals surface area contributed by atoms with E-state index in [2.05, 4.69) is 14.9 Å². The molecule has 18 heavy (non-hydrogen) atoms. The summed E-state index contributed by atoms with van der Waals surface area (Å²) in [7, 11) is 0. The van der Waals surface area contributed by atoms with E-state index in [0.29, 0.717) is 12.8 Å². The van der Waals surface area contributed by atoms with E-state index in [0.717, 1.165) is 18.7 Å². The maximum absolute atomic E-state index is 11.6. The van der Waals surface area contributed by atoms with Crippen molar-refractivity contribution >= 4 is 5.97 Å². The predicted octanol–water partition coefficient (Wildman–Crippen LogP) is 1.87. The van der Waals surface area contributed by atoms with Gasteiger partial charge in [-0.05, 0) is 32.7 Å². The number of hydrogen-bond donors (Lipinski definition) is 1. The van der Waals surface area contributed by atoms with Gasteiger partial charge in [-0.15, -0.1) is 0 Å². The van der Waals surface area contributed by atoms with Gasteiger partial charge in [-0.2, -0.15) is 0 Å². The molecule has 5 heteroatoms. The van der Waals surface area contributed by atoms with Gasteiger partial charge in [0.05, 0.1) is 11.7 Å². The number of aromatic nitrogens is 2. The Morgan fingerprint density at radius 1 is 1.61 bits per heavy atom. The van der Waals surface area contributed by atoms with E-state index in [4.69, 9.17) is 0 Å². The molecular formula is C13H19N3O2. The Morgan fingerprint density at radius 2 is 2.39 bits per heavy atom. The van der Waals surface area contributed by atoms with E-state index < -0.39 is 11.5 Å². The standard InChI is InChI=1S/C13H19N3O2/c1-3-13(12(17)18)5-4-8-16(13)10(2)11-9-14-6-7-15-11/h6-7,9-10H,3-5,8H2,1-2H3,(H,17,18). The quantitative estimate of drug-likeness (QED) is 0.882. The van der Waals surface area contributed by atoms with Crippen molar-refractivity contribution in [1.29, 1.82) is 0 Å². The molecule has 2 unspecified atom stereocenters. The summed E-state index contributed by atoms with van der Waals surface area (Å²) in [6.07, 6.45) is 7.24. The molecule has 2 atom stereocenters. The molecule has 2 heterocycles. The lowest BCUT2D eigenvalue weighted by atomic mass is 9.91. The molecule has 0 aliphatic carbocycles. The van der Waals surface area contributed by atoms with Crippen LogP contribution in [0.1, 0.15) is 44.8 Å². The molecule has 1 saturated heterocycles. The van der Waals surface area contributed by atoms with Crippen LogP contribution in [0.5, 0.6) is 0 Å². The number of rotatable bonds is 4. The number of likely N-dealkylation sites (tertiary alicyclic amines) is 1. The first-order chi connectivity index (χ1) is 8.62. The fraction of sp³-hybridized carbons (Fsp3) is 0.615. The van der Waals surface area contributed by atoms with Gasteiger partial charge >= 0.3 is 5.97 Å². The van der Waals surface area contributed by atoms with Gasteiger partial charge in [-0.3, -0.25) is 19.7 Å². The van der Waals surface area contributed by atoms with E-state index >= 15 is 0 Å². The number of nitrogens with zero attached hydrogens (tertiary/aromatic N) is 3. The van der Waals surface area contributed by atoms with Gasteiger partial charge in [0.2, 0.25) is 0 Å². The summed E-state index contributed by atoms with van der Waals surface area (Å²) in [6.45, 7) is 4.75. The fourth-order valence-electron chi connectivity index (χ4n) is 2.91. The molecular weight excluding hydrogens is 230 g/mol. The second-order valence-corrected chi connectivity index (χ2v) is 4.79. The zero-order valence-electron chi connectivity index (χ0n) is 10.8. The number of aliphatic carboxylic acids is 1. The largest absolute Gasteiger partial charge is 0.480 e. The summed E-state index contributed by atoms with van der Waals surface area (Å²) in [6, 6.07) is -0.0164. The van der Waals surface area contributed by atoms with Gasteiger partial charge in [0.25, 0.3) is 0 Å². The number of hydrogen-bond acceptors (Lipinski definition) is 4. The van der Waals surface area contributed by atoms with Gasteiger partial charge in [0, 0.05) is 18.6 Å². The summed E-state index contributed by atoms with van der Waals surface area (Å²) < 4.78 is 0. The van der Waals surface area contributed by atoms with Gasteiger partial charge in [-0.1, -0.05) is 6.92 Å². The molecule has 1 aliphatic rings. The summed E-state index contributed by atoms with van der Waals surface area (Å²) in [5.74, 6) is -0.724. The Morgan fingerprint density at radius 3 is 2.94 bits per heavy atom. The maximum atomic E-state index is 11.6. The van der Waals surface area contributed by atoms with Crippen molar-refractivity contribution in [2.75, 3.05) is 6.54 Å². The molecule has 5 nitrogen and oxygen atoms in total. The smallest absolute Gasteiger partial charge is 0.324 e. The lowest BCUT2D eigenvalue weighted by molar-refractivity contribution is -0.151. The predicted molar refractivity (Wildman–Crippen MR) is 67.0 cm³/mol. The van der Waals surface area contributed by atoms with Crippen LogP contribution >= 0.6 is 0 Å². The van der Waals surface area contributed by atoms with Crippen LogP contribution in [0.2, 0.25) is 0 Å². The van der Waals surface area contributed by atoms with Gasteiger partial charge in [-0.25, -0.2) is 0 Å². The average Bonchev–Trinajstić information content (AvgIpc) is 2.84. The third-order valence-electron chi connectivity index (χ3n) is 4.00. The molecule has 1 aromatic rings. The van der Waals surface area contributed by atoms with Crippen molar-refractivity contribution in [3.63, 3.8) is 0 Å². The summed E-state index contributed by atoms with van der Waals surface area (Å²) in [5.41, 5.74) is 0.0928. The highest BCUT2D eigenvalue weighted by atomic mass is 16.4. The van der Waals surface area contributed by atoms with E-state index in [-0.39, 0.29) is 6.04 Å². The molecule has 0 bridgehead atoms. The van der Waals surface area contributed by atoms with Crippen LogP contribution in [0.15, 0.2) is 18.6 Å². The zero-order chi connectivity index (χ0) is 13.2. The van der Waals surface area contributed by atoms with Crippen LogP contribution in [0.25, 0.3) is 0 Å². The van der Waals surface area contributed by atoms with Gasteiger partial charge in [0.15, 0.2) is 0 Å². The number of carbonyl (C=O) groups is 1. The molecule has 1 aromatic heterocycles. The molecule has 1 N–H and O–H groups in total. The van der Waals surface area contributed by atoms with Crippen molar-refractivity contribution in [3.05, 3.63) is 24.3 Å². The first-order valence-electron chi connectivity index (χ1n) is 6.38. The molecule has 0 spiro atoms. The van der Waals surface area contributed by atoms with Crippen LogP contribution in [0.3, 0.4) is 0 Å². The van der Waals surface area contributed by atoms with Crippen LogP contribution in [-0.2, 0) is 4.79 Å². The second kappa shape index (κ2) is 5.02. The van der Waals surface area contributed by atoms with E-state index in [1.807, 2.05) is 13.8 Å². The van der Waals surface area contributed by atoms with Crippen molar-refractivity contribution in [2.24, 2.45) is 0 Å². The maximum Gasteiger partial charge on any atom is 0.324 e. The average molecular weight is 249 g/mol. The number of carboxylic acids is 1. The zero-order valence-corrected chi connectivity index (χ0v) is 10.8. The fourth-order valence-corrected chi connectivity index (χ4v) is 2.91. The third kappa shape index (κ3) is 1.99. The molecule has 1 fully saturated rings. The normalized spacial score (nSPS) is 26.1. The minimum Gasteiger partial charge on any atom is -0.480 e. The lowest BCUT2D eigenvalue weighted by Crippen LogP contribution is -2.51. The van der Waals surface area contributed by atoms with Crippen LogP contribution < -0.4 is 0 Å². The molecule has 0 saturated carbocycles. The van der Waals surface area contributed by atoms with E-state index in [9.17, 15) is 9.90 Å². The van der Waals surface area contributed by atoms with E-state index in [1.165, 1.54) is 0 Å². The second-order valence-electron chi connectivity index (χ2n) is 4.79. The summed E-state index contributed by atoms with van der Waals surface area (Å²) in [5, 5.41) is 9.55. The molecule has 0 aromatic carbocycles. The van der Waals surface area contributed by atoms with Crippen LogP contribution in [0.4, 0.5) is 0 Å². The highest BCUT2D eigenvalue weighted by Gasteiger charge is 2.48. The molecule has 0 amide bonds. The van der Waals surface area contributed by atoms with Crippen LogP contribution in [-0.4, -0.2) is 38.0 Å². The van der Waals surface area contributed by atoms with E-state index in [1.54, 1.807) is 18.6 Å². The Kier molecular flexibility index (Phi) is 3.61. The van der Waals surface area contributed by atoms with Crippen LogP contribution in [0, 0.1) is 0 Å². The monoisotopic (exact) mass is 249 g/mol. The molecule has 1 aliphatic heterocycles. The highest BCUT2D eigenvalue weighted by Crippen LogP contribution is 2.38. The first kappa shape index (κ1) is 13.0. The SMILES string of the molecule is CCC1(C(=O)O)CCCN1C(C)c1cnccn1. The molecule has 98 valence electrons. The third-order valence-corrected chi connectivity index (χ3v) is 4.00. The topological polar surface area (TPSA) is 66.3 Å². The highest BCUT2D eigenvalue weighted by molar-refractivity contribution is 5.79. The Balaban J connectivity index is 2.29. The Bertz CT molecular complexity index is 424. The molecule has 0 radical (unpaired) electrons. The number of carboxylic acid groups (broad SMARTS) is 1.